The lowest BCUT2D eigenvalue weighted by Gasteiger charge is -2.36. The molecule has 0 spiro atoms. The molecule has 0 aromatic carbocycles. The first-order valence-electron chi connectivity index (χ1n) is 4.35. The van der Waals surface area contributed by atoms with E-state index in [0.29, 0.717) is 6.54 Å². The highest BCUT2D eigenvalue weighted by Gasteiger charge is 2.36. The van der Waals surface area contributed by atoms with Crippen molar-refractivity contribution in [3.8, 4) is 0 Å². The zero-order chi connectivity index (χ0) is 9.03. The van der Waals surface area contributed by atoms with Gasteiger partial charge in [-0.05, 0) is 19.2 Å². The largest absolute Gasteiger partial charge is 0.395 e. The summed E-state index contributed by atoms with van der Waals surface area (Å²) in [7, 11) is 2.05. The first-order chi connectivity index (χ1) is 5.75. The van der Waals surface area contributed by atoms with Crippen LogP contribution in [0.2, 0.25) is 0 Å². The van der Waals surface area contributed by atoms with Crippen LogP contribution in [0.15, 0.2) is 0 Å². The molecule has 0 radical (unpaired) electrons. The van der Waals surface area contributed by atoms with Crippen LogP contribution in [-0.4, -0.2) is 53.8 Å². The summed E-state index contributed by atoms with van der Waals surface area (Å²) in [5, 5.41) is 8.82. The van der Waals surface area contributed by atoms with E-state index >= 15 is 0 Å². The number of aliphatic hydroxyl groups excluding tert-OH is 1. The summed E-state index contributed by atoms with van der Waals surface area (Å²) in [5.41, 5.74) is 5.92. The molecule has 1 atom stereocenters. The smallest absolute Gasteiger partial charge is 0.0558 e. The zero-order valence-corrected chi connectivity index (χ0v) is 8.44. The third kappa shape index (κ3) is 1.93. The zero-order valence-electron chi connectivity index (χ0n) is 7.62. The van der Waals surface area contributed by atoms with E-state index in [-0.39, 0.29) is 12.1 Å². The Morgan fingerprint density at radius 1 is 1.67 bits per heavy atom. The van der Waals surface area contributed by atoms with Crippen molar-refractivity contribution < 1.29 is 5.11 Å². The highest BCUT2D eigenvalue weighted by Crippen LogP contribution is 2.31. The van der Waals surface area contributed by atoms with Crippen molar-refractivity contribution in [2.75, 3.05) is 38.2 Å². The molecule has 1 fully saturated rings. The Morgan fingerprint density at radius 3 is 2.83 bits per heavy atom. The van der Waals surface area contributed by atoms with Crippen molar-refractivity contribution in [3.63, 3.8) is 0 Å². The van der Waals surface area contributed by atoms with E-state index in [1.54, 1.807) is 0 Å². The molecular formula is C8H18N2OS. The minimum Gasteiger partial charge on any atom is -0.395 e. The predicted molar refractivity (Wildman–Crippen MR) is 53.4 cm³/mol. The number of β-amino-alcohol motifs (C(OH)–C–C–N with tert-alkyl or cyclic N) is 1. The number of thioether (sulfide) groups is 1. The van der Waals surface area contributed by atoms with E-state index in [1.807, 2.05) is 11.8 Å². The number of nitrogens with zero attached hydrogens (tertiary/aromatic N) is 1. The van der Waals surface area contributed by atoms with Gasteiger partial charge in [0.1, 0.15) is 0 Å². The average molecular weight is 190 g/mol. The Balaban J connectivity index is 2.52. The fourth-order valence-electron chi connectivity index (χ4n) is 1.60. The number of hydrogen-bond acceptors (Lipinski definition) is 4. The molecule has 12 heavy (non-hydrogen) atoms. The van der Waals surface area contributed by atoms with Gasteiger partial charge in [0.05, 0.1) is 6.61 Å². The molecular weight excluding hydrogens is 172 g/mol. The van der Waals surface area contributed by atoms with Gasteiger partial charge in [0.25, 0.3) is 0 Å². The van der Waals surface area contributed by atoms with Gasteiger partial charge in [-0.2, -0.15) is 11.8 Å². The minimum atomic E-state index is 0.160. The van der Waals surface area contributed by atoms with Gasteiger partial charge < -0.3 is 10.8 Å². The van der Waals surface area contributed by atoms with E-state index < -0.39 is 0 Å². The highest BCUT2D eigenvalue weighted by molar-refractivity contribution is 7.99. The Bertz CT molecular complexity index is 137. The monoisotopic (exact) mass is 190 g/mol. The molecule has 72 valence electrons. The van der Waals surface area contributed by atoms with Crippen LogP contribution in [-0.2, 0) is 0 Å². The van der Waals surface area contributed by atoms with Crippen LogP contribution in [0.5, 0.6) is 0 Å². The molecule has 0 aromatic heterocycles. The van der Waals surface area contributed by atoms with Crippen molar-refractivity contribution >= 4 is 11.8 Å². The lowest BCUT2D eigenvalue weighted by atomic mass is 9.97. The topological polar surface area (TPSA) is 49.5 Å². The SMILES string of the molecule is CN(CCO)C1(CN)CCSC1. The fraction of sp³-hybridized carbons (Fsp3) is 1.00. The summed E-state index contributed by atoms with van der Waals surface area (Å²) in [6.45, 7) is 1.66. The van der Waals surface area contributed by atoms with Crippen LogP contribution in [0.25, 0.3) is 0 Å². The predicted octanol–water partition coefficient (Wildman–Crippen LogP) is -0.255. The van der Waals surface area contributed by atoms with E-state index in [9.17, 15) is 0 Å². The second-order valence-corrected chi connectivity index (χ2v) is 4.48. The molecule has 0 amide bonds. The summed E-state index contributed by atoms with van der Waals surface area (Å²) >= 11 is 1.96. The second kappa shape index (κ2) is 4.46. The van der Waals surface area contributed by atoms with Gasteiger partial charge in [-0.1, -0.05) is 0 Å². The van der Waals surface area contributed by atoms with E-state index in [4.69, 9.17) is 10.8 Å². The normalized spacial score (nSPS) is 30.0. The summed E-state index contributed by atoms with van der Waals surface area (Å²) in [5.74, 6) is 2.31. The molecule has 1 rings (SSSR count). The van der Waals surface area contributed by atoms with Gasteiger partial charge in [0.2, 0.25) is 0 Å². The van der Waals surface area contributed by atoms with Gasteiger partial charge in [-0.15, -0.1) is 0 Å². The standard InChI is InChI=1S/C8H18N2OS/c1-10(3-4-11)8(6-9)2-5-12-7-8/h11H,2-7,9H2,1H3. The van der Waals surface area contributed by atoms with Crippen molar-refractivity contribution in [2.45, 2.75) is 12.0 Å². The van der Waals surface area contributed by atoms with Crippen molar-refractivity contribution in [2.24, 2.45) is 5.73 Å². The Morgan fingerprint density at radius 2 is 2.42 bits per heavy atom. The molecule has 0 bridgehead atoms. The molecule has 1 aliphatic heterocycles. The third-order valence-electron chi connectivity index (χ3n) is 2.71. The van der Waals surface area contributed by atoms with Crippen LogP contribution in [0.1, 0.15) is 6.42 Å². The molecule has 0 saturated carbocycles. The molecule has 3 N–H and O–H groups in total. The first kappa shape index (κ1) is 10.3. The highest BCUT2D eigenvalue weighted by atomic mass is 32.2. The molecule has 1 unspecified atom stereocenters. The van der Waals surface area contributed by atoms with Gasteiger partial charge >= 0.3 is 0 Å². The lowest BCUT2D eigenvalue weighted by Crippen LogP contribution is -2.53. The molecule has 1 saturated heterocycles. The maximum atomic E-state index is 8.82. The summed E-state index contributed by atoms with van der Waals surface area (Å²) < 4.78 is 0. The van der Waals surface area contributed by atoms with Crippen LogP contribution in [0, 0.1) is 0 Å². The number of aliphatic hydroxyl groups is 1. The Hall–Kier alpha value is 0.230. The first-order valence-corrected chi connectivity index (χ1v) is 5.50. The second-order valence-electron chi connectivity index (χ2n) is 3.38. The maximum Gasteiger partial charge on any atom is 0.0558 e. The van der Waals surface area contributed by atoms with Crippen LogP contribution in [0.4, 0.5) is 0 Å². The summed E-state index contributed by atoms with van der Waals surface area (Å²) in [4.78, 5) is 2.20. The fourth-order valence-corrected chi connectivity index (χ4v) is 3.13. The van der Waals surface area contributed by atoms with Crippen molar-refractivity contribution in [1.82, 2.24) is 4.90 Å². The van der Waals surface area contributed by atoms with Gasteiger partial charge in [-0.25, -0.2) is 0 Å². The van der Waals surface area contributed by atoms with Gasteiger partial charge in [0, 0.05) is 24.4 Å². The third-order valence-corrected chi connectivity index (χ3v) is 3.94. The minimum absolute atomic E-state index is 0.160. The number of rotatable bonds is 4. The quantitative estimate of drug-likeness (QED) is 0.641. The maximum absolute atomic E-state index is 8.82. The van der Waals surface area contributed by atoms with Crippen LogP contribution < -0.4 is 5.73 Å². The number of likely N-dealkylation sites (N-methyl/N-ethyl adjacent to an activating group) is 1. The Kier molecular flexibility index (Phi) is 3.83. The Labute approximate surface area is 78.3 Å². The molecule has 3 nitrogen and oxygen atoms in total. The molecule has 1 heterocycles. The molecule has 4 heteroatoms. The van der Waals surface area contributed by atoms with Crippen molar-refractivity contribution in [3.05, 3.63) is 0 Å². The van der Waals surface area contributed by atoms with Crippen molar-refractivity contribution in [1.29, 1.82) is 0 Å². The number of hydrogen-bond donors (Lipinski definition) is 2. The molecule has 0 aliphatic carbocycles. The van der Waals surface area contributed by atoms with Crippen LogP contribution >= 0.6 is 11.8 Å². The van der Waals surface area contributed by atoms with Gasteiger partial charge in [0.15, 0.2) is 0 Å². The number of nitrogens with two attached hydrogens (primary N) is 1. The van der Waals surface area contributed by atoms with E-state index in [1.165, 1.54) is 5.75 Å². The van der Waals surface area contributed by atoms with E-state index in [2.05, 4.69) is 11.9 Å². The summed E-state index contributed by atoms with van der Waals surface area (Å²) in [6, 6.07) is 0. The lowest BCUT2D eigenvalue weighted by molar-refractivity contribution is 0.120. The van der Waals surface area contributed by atoms with E-state index in [0.717, 1.165) is 18.7 Å². The van der Waals surface area contributed by atoms with Gasteiger partial charge in [-0.3, -0.25) is 4.90 Å². The molecule has 0 aromatic rings. The summed E-state index contributed by atoms with van der Waals surface area (Å²) in [6.07, 6.45) is 1.16. The van der Waals surface area contributed by atoms with Crippen LogP contribution in [0.3, 0.4) is 0 Å². The average Bonchev–Trinajstić information content (AvgIpc) is 2.54. The molecule has 1 aliphatic rings.